The van der Waals surface area contributed by atoms with E-state index in [2.05, 4.69) is 5.32 Å². The van der Waals surface area contributed by atoms with E-state index in [1.807, 2.05) is 0 Å². The third-order valence-corrected chi connectivity index (χ3v) is 5.55. The van der Waals surface area contributed by atoms with Gasteiger partial charge in [-0.2, -0.15) is 12.7 Å². The smallest absolute Gasteiger partial charge is 0.304 e. The van der Waals surface area contributed by atoms with E-state index >= 15 is 0 Å². The highest BCUT2D eigenvalue weighted by Gasteiger charge is 2.26. The summed E-state index contributed by atoms with van der Waals surface area (Å²) in [7, 11) is -0.932. The van der Waals surface area contributed by atoms with Crippen LogP contribution in [0, 0.1) is 0 Å². The fraction of sp³-hybridized carbons (Fsp3) is 0.235. The first-order valence-electron chi connectivity index (χ1n) is 7.57. The lowest BCUT2D eigenvalue weighted by atomic mass is 10.2. The number of rotatable bonds is 7. The number of hydrogen-bond donors (Lipinski definition) is 1. The summed E-state index contributed by atoms with van der Waals surface area (Å²) in [4.78, 5) is 12.3. The summed E-state index contributed by atoms with van der Waals surface area (Å²) in [6, 6.07) is 15.6. The number of nitrogens with one attached hydrogen (secondary N) is 1. The number of carbonyl (C=O) groups excluding carboxylic acids is 1. The molecule has 25 heavy (non-hydrogen) atoms. The zero-order valence-electron chi connectivity index (χ0n) is 14.0. The van der Waals surface area contributed by atoms with Crippen molar-refractivity contribution in [1.82, 2.24) is 9.62 Å². The van der Waals surface area contributed by atoms with E-state index in [1.54, 1.807) is 54.6 Å². The largest absolute Gasteiger partial charge is 0.350 e. The molecule has 0 aliphatic heterocycles. The van der Waals surface area contributed by atoms with Crippen LogP contribution in [-0.4, -0.2) is 39.3 Å². The van der Waals surface area contributed by atoms with Crippen molar-refractivity contribution in [2.75, 3.05) is 24.9 Å². The van der Waals surface area contributed by atoms with E-state index in [0.29, 0.717) is 17.3 Å². The number of hydrogen-bond acceptors (Lipinski definition) is 3. The summed E-state index contributed by atoms with van der Waals surface area (Å²) >= 11 is 5.83. The van der Waals surface area contributed by atoms with Gasteiger partial charge in [0.2, 0.25) is 5.91 Å². The van der Waals surface area contributed by atoms with Gasteiger partial charge in [0.1, 0.15) is 6.54 Å². The molecule has 0 fully saturated rings. The molecule has 0 aliphatic carbocycles. The van der Waals surface area contributed by atoms with Gasteiger partial charge in [-0.1, -0.05) is 41.9 Å². The number of amides is 1. The lowest BCUT2D eigenvalue weighted by Gasteiger charge is -2.26. The molecule has 134 valence electrons. The molecule has 2 rings (SSSR count). The van der Waals surface area contributed by atoms with Crippen LogP contribution in [0.2, 0.25) is 5.02 Å². The Hall–Kier alpha value is -2.09. The maximum atomic E-state index is 12.5. The van der Waals surface area contributed by atoms with Crippen molar-refractivity contribution in [2.24, 2.45) is 0 Å². The highest BCUT2D eigenvalue weighted by molar-refractivity contribution is 7.90. The lowest BCUT2D eigenvalue weighted by Crippen LogP contribution is -2.45. The van der Waals surface area contributed by atoms with E-state index in [4.69, 9.17) is 11.6 Å². The summed E-state index contributed by atoms with van der Waals surface area (Å²) in [6.07, 6.45) is 0. The first-order chi connectivity index (χ1) is 11.8. The molecule has 0 atom stereocenters. The van der Waals surface area contributed by atoms with Crippen LogP contribution < -0.4 is 9.62 Å². The van der Waals surface area contributed by atoms with Crippen LogP contribution in [0.5, 0.6) is 0 Å². The number of nitrogens with zero attached hydrogens (tertiary/aromatic N) is 2. The molecule has 0 aromatic heterocycles. The molecule has 0 saturated carbocycles. The average Bonchev–Trinajstić information content (AvgIpc) is 2.59. The third-order valence-electron chi connectivity index (χ3n) is 3.47. The maximum Gasteiger partial charge on any atom is 0.304 e. The van der Waals surface area contributed by atoms with Gasteiger partial charge in [0.05, 0.1) is 5.69 Å². The van der Waals surface area contributed by atoms with E-state index < -0.39 is 16.1 Å². The van der Waals surface area contributed by atoms with Gasteiger partial charge in [0, 0.05) is 25.7 Å². The molecule has 0 radical (unpaired) electrons. The van der Waals surface area contributed by atoms with Gasteiger partial charge in [0.25, 0.3) is 0 Å². The molecule has 0 unspecified atom stereocenters. The number of anilines is 1. The Bertz CT molecular complexity index is 809. The van der Waals surface area contributed by atoms with E-state index in [1.165, 1.54) is 14.1 Å². The first kappa shape index (κ1) is 19.2. The number of benzene rings is 2. The van der Waals surface area contributed by atoms with Crippen LogP contribution >= 0.6 is 11.6 Å². The minimum atomic E-state index is -3.79. The average molecular weight is 382 g/mol. The molecule has 6 nitrogen and oxygen atoms in total. The SMILES string of the molecule is CN(C)S(=O)(=O)N(CC(=O)NCc1ccc(Cl)cc1)c1ccccc1. The highest BCUT2D eigenvalue weighted by Crippen LogP contribution is 2.18. The van der Waals surface area contributed by atoms with Crippen molar-refractivity contribution in [1.29, 1.82) is 0 Å². The van der Waals surface area contributed by atoms with Gasteiger partial charge < -0.3 is 5.32 Å². The second kappa shape index (κ2) is 8.33. The number of carbonyl (C=O) groups is 1. The van der Waals surface area contributed by atoms with Crippen molar-refractivity contribution in [3.05, 3.63) is 65.2 Å². The van der Waals surface area contributed by atoms with Crippen LogP contribution in [0.4, 0.5) is 5.69 Å². The Morgan fingerprint density at radius 2 is 1.64 bits per heavy atom. The van der Waals surface area contributed by atoms with E-state index in [0.717, 1.165) is 14.2 Å². The number of para-hydroxylation sites is 1. The van der Waals surface area contributed by atoms with Gasteiger partial charge >= 0.3 is 10.2 Å². The summed E-state index contributed by atoms with van der Waals surface area (Å²) in [5.74, 6) is -0.399. The lowest BCUT2D eigenvalue weighted by molar-refractivity contribution is -0.119. The van der Waals surface area contributed by atoms with Crippen molar-refractivity contribution in [2.45, 2.75) is 6.54 Å². The van der Waals surface area contributed by atoms with Crippen LogP contribution in [-0.2, 0) is 21.5 Å². The molecule has 0 heterocycles. The summed E-state index contributed by atoms with van der Waals surface area (Å²) in [5, 5.41) is 3.34. The predicted octanol–water partition coefficient (Wildman–Crippen LogP) is 2.27. The molecule has 0 aliphatic rings. The minimum absolute atomic E-state index is 0.292. The maximum absolute atomic E-state index is 12.5. The monoisotopic (exact) mass is 381 g/mol. The minimum Gasteiger partial charge on any atom is -0.350 e. The van der Waals surface area contributed by atoms with Gasteiger partial charge in [-0.05, 0) is 29.8 Å². The fourth-order valence-electron chi connectivity index (χ4n) is 2.09. The van der Waals surface area contributed by atoms with Crippen LogP contribution in [0.25, 0.3) is 0 Å². The molecular formula is C17H20ClN3O3S. The zero-order valence-corrected chi connectivity index (χ0v) is 15.6. The van der Waals surface area contributed by atoms with Gasteiger partial charge in [-0.3, -0.25) is 4.79 Å². The topological polar surface area (TPSA) is 69.7 Å². The molecule has 0 saturated heterocycles. The first-order valence-corrected chi connectivity index (χ1v) is 9.34. The van der Waals surface area contributed by atoms with Gasteiger partial charge in [-0.25, -0.2) is 4.31 Å². The Labute approximate surface area is 153 Å². The second-order valence-electron chi connectivity index (χ2n) is 5.54. The van der Waals surface area contributed by atoms with Crippen LogP contribution in [0.3, 0.4) is 0 Å². The van der Waals surface area contributed by atoms with Crippen molar-refractivity contribution < 1.29 is 13.2 Å². The molecular weight excluding hydrogens is 362 g/mol. The third kappa shape index (κ3) is 5.19. The predicted molar refractivity (Wildman–Crippen MR) is 99.7 cm³/mol. The molecule has 1 N–H and O–H groups in total. The van der Waals surface area contributed by atoms with Crippen molar-refractivity contribution >= 4 is 33.4 Å². The molecule has 2 aromatic rings. The number of halogens is 1. The molecule has 2 aromatic carbocycles. The molecule has 1 amide bonds. The normalized spacial score (nSPS) is 11.4. The molecule has 8 heteroatoms. The standard InChI is InChI=1S/C17H20ClN3O3S/c1-20(2)25(23,24)21(16-6-4-3-5-7-16)13-17(22)19-12-14-8-10-15(18)11-9-14/h3-11H,12-13H2,1-2H3,(H,19,22). The Morgan fingerprint density at radius 1 is 1.04 bits per heavy atom. The summed E-state index contributed by atoms with van der Waals surface area (Å²) in [6.45, 7) is -0.0151. The zero-order chi connectivity index (χ0) is 18.4. The van der Waals surface area contributed by atoms with Crippen LogP contribution in [0.15, 0.2) is 54.6 Å². The Balaban J connectivity index is 2.11. The molecule has 0 spiro atoms. The molecule has 0 bridgehead atoms. The second-order valence-corrected chi connectivity index (χ2v) is 8.04. The van der Waals surface area contributed by atoms with Crippen LogP contribution in [0.1, 0.15) is 5.56 Å². The van der Waals surface area contributed by atoms with Gasteiger partial charge in [0.15, 0.2) is 0 Å². The van der Waals surface area contributed by atoms with Crippen molar-refractivity contribution in [3.63, 3.8) is 0 Å². The van der Waals surface area contributed by atoms with E-state index in [-0.39, 0.29) is 6.54 Å². The Morgan fingerprint density at radius 3 is 2.20 bits per heavy atom. The fourth-order valence-corrected chi connectivity index (χ4v) is 3.28. The summed E-state index contributed by atoms with van der Waals surface area (Å²) < 4.78 is 27.2. The Kier molecular flexibility index (Phi) is 6.41. The van der Waals surface area contributed by atoms with Crippen molar-refractivity contribution in [3.8, 4) is 0 Å². The van der Waals surface area contributed by atoms with E-state index in [9.17, 15) is 13.2 Å². The van der Waals surface area contributed by atoms with Gasteiger partial charge in [-0.15, -0.1) is 0 Å². The quantitative estimate of drug-likeness (QED) is 0.799. The highest BCUT2D eigenvalue weighted by atomic mass is 35.5. The summed E-state index contributed by atoms with van der Waals surface area (Å²) in [5.41, 5.74) is 1.30.